The number of rotatable bonds is 3. The maximum absolute atomic E-state index is 5.17. The van der Waals surface area contributed by atoms with Crippen molar-refractivity contribution in [2.45, 2.75) is 6.92 Å². The SMILES string of the molecule is C/C=C(\c1ccccc1)c1ccc(OC)cc1. The van der Waals surface area contributed by atoms with Gasteiger partial charge in [-0.3, -0.25) is 0 Å². The van der Waals surface area contributed by atoms with Crippen molar-refractivity contribution >= 4 is 5.57 Å². The molecule has 0 aliphatic heterocycles. The van der Waals surface area contributed by atoms with E-state index in [9.17, 15) is 0 Å². The molecule has 17 heavy (non-hydrogen) atoms. The minimum atomic E-state index is 0.886. The van der Waals surface area contributed by atoms with E-state index in [2.05, 4.69) is 49.4 Å². The molecule has 0 N–H and O–H groups in total. The van der Waals surface area contributed by atoms with Gasteiger partial charge >= 0.3 is 0 Å². The van der Waals surface area contributed by atoms with Crippen LogP contribution in [0.25, 0.3) is 5.57 Å². The van der Waals surface area contributed by atoms with Crippen LogP contribution in [-0.4, -0.2) is 7.11 Å². The minimum Gasteiger partial charge on any atom is -0.497 e. The molecule has 0 amide bonds. The Morgan fingerprint density at radius 2 is 1.47 bits per heavy atom. The molecule has 0 radical (unpaired) electrons. The van der Waals surface area contributed by atoms with Gasteiger partial charge < -0.3 is 4.74 Å². The summed E-state index contributed by atoms with van der Waals surface area (Å²) in [6.45, 7) is 2.06. The fourth-order valence-corrected chi connectivity index (χ4v) is 1.89. The van der Waals surface area contributed by atoms with Crippen LogP contribution in [0.5, 0.6) is 5.75 Å². The van der Waals surface area contributed by atoms with Crippen LogP contribution in [0.1, 0.15) is 18.1 Å². The molecular weight excluding hydrogens is 208 g/mol. The molecule has 2 rings (SSSR count). The van der Waals surface area contributed by atoms with Gasteiger partial charge in [0.15, 0.2) is 0 Å². The van der Waals surface area contributed by atoms with E-state index in [1.54, 1.807) is 7.11 Å². The molecule has 0 aliphatic carbocycles. The van der Waals surface area contributed by atoms with Gasteiger partial charge in [0, 0.05) is 0 Å². The van der Waals surface area contributed by atoms with Crippen LogP contribution in [-0.2, 0) is 0 Å². The van der Waals surface area contributed by atoms with Crippen molar-refractivity contribution in [3.63, 3.8) is 0 Å². The van der Waals surface area contributed by atoms with Gasteiger partial charge in [-0.25, -0.2) is 0 Å². The zero-order chi connectivity index (χ0) is 12.1. The Morgan fingerprint density at radius 3 is 2.00 bits per heavy atom. The van der Waals surface area contributed by atoms with Crippen molar-refractivity contribution in [2.24, 2.45) is 0 Å². The van der Waals surface area contributed by atoms with E-state index in [4.69, 9.17) is 4.74 Å². The topological polar surface area (TPSA) is 9.23 Å². The molecule has 0 heterocycles. The van der Waals surface area contributed by atoms with Crippen molar-refractivity contribution in [1.29, 1.82) is 0 Å². The quantitative estimate of drug-likeness (QED) is 0.761. The second-order valence-corrected chi connectivity index (χ2v) is 3.80. The molecule has 1 heteroatoms. The molecule has 0 bridgehead atoms. The summed E-state index contributed by atoms with van der Waals surface area (Å²) in [6.07, 6.45) is 2.14. The van der Waals surface area contributed by atoms with Gasteiger partial charge in [0.25, 0.3) is 0 Å². The third-order valence-electron chi connectivity index (χ3n) is 2.77. The molecule has 0 saturated heterocycles. The van der Waals surface area contributed by atoms with E-state index in [0.29, 0.717) is 0 Å². The summed E-state index contributed by atoms with van der Waals surface area (Å²) in [5.74, 6) is 0.886. The van der Waals surface area contributed by atoms with Crippen molar-refractivity contribution in [1.82, 2.24) is 0 Å². The summed E-state index contributed by atoms with van der Waals surface area (Å²) >= 11 is 0. The molecule has 0 unspecified atom stereocenters. The molecular formula is C16H16O. The smallest absolute Gasteiger partial charge is 0.118 e. The largest absolute Gasteiger partial charge is 0.497 e. The average molecular weight is 224 g/mol. The first-order chi connectivity index (χ1) is 8.35. The summed E-state index contributed by atoms with van der Waals surface area (Å²) < 4.78 is 5.17. The second-order valence-electron chi connectivity index (χ2n) is 3.80. The molecule has 2 aromatic carbocycles. The summed E-state index contributed by atoms with van der Waals surface area (Å²) in [4.78, 5) is 0. The lowest BCUT2D eigenvalue weighted by Gasteiger charge is -2.08. The molecule has 0 atom stereocenters. The van der Waals surface area contributed by atoms with Gasteiger partial charge in [-0.1, -0.05) is 48.5 Å². The average Bonchev–Trinajstić information content (AvgIpc) is 2.42. The zero-order valence-corrected chi connectivity index (χ0v) is 10.2. The van der Waals surface area contributed by atoms with Crippen LogP contribution in [0.3, 0.4) is 0 Å². The van der Waals surface area contributed by atoms with E-state index in [0.717, 1.165) is 5.75 Å². The van der Waals surface area contributed by atoms with Gasteiger partial charge in [0.1, 0.15) is 5.75 Å². The predicted molar refractivity (Wildman–Crippen MR) is 72.2 cm³/mol. The first-order valence-electron chi connectivity index (χ1n) is 5.71. The van der Waals surface area contributed by atoms with Crippen LogP contribution in [0.4, 0.5) is 0 Å². The van der Waals surface area contributed by atoms with Crippen LogP contribution < -0.4 is 4.74 Å². The Labute approximate surface area is 102 Å². The molecule has 86 valence electrons. The van der Waals surface area contributed by atoms with Gasteiger partial charge in [-0.2, -0.15) is 0 Å². The summed E-state index contributed by atoms with van der Waals surface area (Å²) in [5.41, 5.74) is 3.69. The van der Waals surface area contributed by atoms with Gasteiger partial charge in [-0.15, -0.1) is 0 Å². The summed E-state index contributed by atoms with van der Waals surface area (Å²) in [5, 5.41) is 0. The molecule has 2 aromatic rings. The Hall–Kier alpha value is -2.02. The van der Waals surface area contributed by atoms with E-state index >= 15 is 0 Å². The van der Waals surface area contributed by atoms with E-state index < -0.39 is 0 Å². The lowest BCUT2D eigenvalue weighted by Crippen LogP contribution is -1.88. The Bertz CT molecular complexity index is 495. The molecule has 0 aromatic heterocycles. The minimum absolute atomic E-state index is 0.886. The fraction of sp³-hybridized carbons (Fsp3) is 0.125. The van der Waals surface area contributed by atoms with Crippen LogP contribution >= 0.6 is 0 Å². The maximum atomic E-state index is 5.17. The van der Waals surface area contributed by atoms with Crippen molar-refractivity contribution < 1.29 is 4.74 Å². The van der Waals surface area contributed by atoms with Gasteiger partial charge in [0.2, 0.25) is 0 Å². The van der Waals surface area contributed by atoms with Crippen molar-refractivity contribution in [2.75, 3.05) is 7.11 Å². The Kier molecular flexibility index (Phi) is 3.61. The highest BCUT2D eigenvalue weighted by atomic mass is 16.5. The standard InChI is InChI=1S/C16H16O/c1-3-16(13-7-5-4-6-8-13)14-9-11-15(17-2)12-10-14/h3-12H,1-2H3/b16-3+. The fourth-order valence-electron chi connectivity index (χ4n) is 1.89. The Morgan fingerprint density at radius 1 is 0.882 bits per heavy atom. The second kappa shape index (κ2) is 5.35. The lowest BCUT2D eigenvalue weighted by molar-refractivity contribution is 0.415. The van der Waals surface area contributed by atoms with Gasteiger partial charge in [-0.05, 0) is 35.8 Å². The van der Waals surface area contributed by atoms with E-state index in [1.165, 1.54) is 16.7 Å². The van der Waals surface area contributed by atoms with Crippen molar-refractivity contribution in [3.05, 3.63) is 71.8 Å². The van der Waals surface area contributed by atoms with E-state index in [-0.39, 0.29) is 0 Å². The number of methoxy groups -OCH3 is 1. The molecule has 1 nitrogen and oxygen atoms in total. The zero-order valence-electron chi connectivity index (χ0n) is 10.2. The first-order valence-corrected chi connectivity index (χ1v) is 5.71. The Balaban J connectivity index is 2.37. The third-order valence-corrected chi connectivity index (χ3v) is 2.77. The van der Waals surface area contributed by atoms with E-state index in [1.807, 2.05) is 18.2 Å². The number of hydrogen-bond acceptors (Lipinski definition) is 1. The first kappa shape index (κ1) is 11.5. The number of ether oxygens (including phenoxy) is 1. The van der Waals surface area contributed by atoms with Gasteiger partial charge in [0.05, 0.1) is 7.11 Å². The maximum Gasteiger partial charge on any atom is 0.118 e. The monoisotopic (exact) mass is 224 g/mol. The van der Waals surface area contributed by atoms with Crippen molar-refractivity contribution in [3.8, 4) is 5.75 Å². The van der Waals surface area contributed by atoms with Crippen LogP contribution in [0, 0.1) is 0 Å². The highest BCUT2D eigenvalue weighted by Crippen LogP contribution is 2.24. The molecule has 0 fully saturated rings. The molecule has 0 saturated carbocycles. The molecule has 0 spiro atoms. The number of benzene rings is 2. The highest BCUT2D eigenvalue weighted by molar-refractivity contribution is 5.79. The number of allylic oxidation sites excluding steroid dienone is 1. The van der Waals surface area contributed by atoms with Crippen LogP contribution in [0.15, 0.2) is 60.7 Å². The normalized spacial score (nSPS) is 11.3. The summed E-state index contributed by atoms with van der Waals surface area (Å²) in [6, 6.07) is 18.5. The third kappa shape index (κ3) is 2.56. The molecule has 0 aliphatic rings. The number of hydrogen-bond donors (Lipinski definition) is 0. The predicted octanol–water partition coefficient (Wildman–Crippen LogP) is 4.15. The summed E-state index contributed by atoms with van der Waals surface area (Å²) in [7, 11) is 1.68. The lowest BCUT2D eigenvalue weighted by atomic mass is 9.98. The van der Waals surface area contributed by atoms with Crippen LogP contribution in [0.2, 0.25) is 0 Å². The highest BCUT2D eigenvalue weighted by Gasteiger charge is 2.03.